The van der Waals surface area contributed by atoms with Gasteiger partial charge >= 0.3 is 11.9 Å². The molecule has 0 saturated carbocycles. The van der Waals surface area contributed by atoms with Crippen LogP contribution in [-0.2, 0) is 28.6 Å². The van der Waals surface area contributed by atoms with E-state index in [1.165, 1.54) is 14.0 Å². The Kier molecular flexibility index (Phi) is 10.0. The molecule has 0 aliphatic rings. The summed E-state index contributed by atoms with van der Waals surface area (Å²) in [5.41, 5.74) is 0.641. The van der Waals surface area contributed by atoms with Gasteiger partial charge in [-0.3, -0.25) is 9.59 Å². The van der Waals surface area contributed by atoms with Gasteiger partial charge in [0.2, 0.25) is 12.0 Å². The molecule has 7 heteroatoms. The first kappa shape index (κ1) is 21.6. The number of benzene rings is 1. The van der Waals surface area contributed by atoms with Crippen molar-refractivity contribution in [3.63, 3.8) is 0 Å². The molecular formula is C19H27NO6. The van der Waals surface area contributed by atoms with Gasteiger partial charge in [0.05, 0.1) is 7.11 Å². The summed E-state index contributed by atoms with van der Waals surface area (Å²) in [6.45, 7) is 4.44. The van der Waals surface area contributed by atoms with E-state index in [2.05, 4.69) is 5.32 Å². The summed E-state index contributed by atoms with van der Waals surface area (Å²) in [7, 11) is 1.21. The van der Waals surface area contributed by atoms with Crippen LogP contribution in [0.15, 0.2) is 30.3 Å². The molecule has 0 unspecified atom stereocenters. The van der Waals surface area contributed by atoms with Gasteiger partial charge in [0.1, 0.15) is 6.04 Å². The third kappa shape index (κ3) is 7.65. The Morgan fingerprint density at radius 2 is 1.81 bits per heavy atom. The maximum absolute atomic E-state index is 12.2. The fourth-order valence-corrected chi connectivity index (χ4v) is 2.40. The predicted octanol–water partition coefficient (Wildman–Crippen LogP) is 2.16. The van der Waals surface area contributed by atoms with Gasteiger partial charge in [-0.25, -0.2) is 4.79 Å². The van der Waals surface area contributed by atoms with E-state index < -0.39 is 24.1 Å². The number of amides is 1. The molecular weight excluding hydrogens is 338 g/mol. The zero-order chi connectivity index (χ0) is 19.4. The van der Waals surface area contributed by atoms with E-state index >= 15 is 0 Å². The number of unbranched alkanes of at least 4 members (excludes halogenated alkanes) is 1. The zero-order valence-electron chi connectivity index (χ0n) is 15.5. The highest BCUT2D eigenvalue weighted by Gasteiger charge is 2.34. The molecule has 0 aromatic heterocycles. The Labute approximate surface area is 154 Å². The Morgan fingerprint density at radius 1 is 1.12 bits per heavy atom. The Balaban J connectivity index is 2.83. The van der Waals surface area contributed by atoms with Crippen LogP contribution in [-0.4, -0.2) is 44.3 Å². The monoisotopic (exact) mass is 365 g/mol. The molecule has 26 heavy (non-hydrogen) atoms. The van der Waals surface area contributed by atoms with Crippen molar-refractivity contribution >= 4 is 17.8 Å². The van der Waals surface area contributed by atoms with Crippen LogP contribution in [0.4, 0.5) is 0 Å². The molecule has 1 amide bonds. The minimum absolute atomic E-state index is 0.155. The second-order valence-electron chi connectivity index (χ2n) is 5.68. The molecule has 1 rings (SSSR count). The maximum atomic E-state index is 12.2. The number of nitrogens with one attached hydrogen (secondary N) is 1. The SMILES string of the molecule is CCOCCCCC(=O)O[C@@H](C(=O)OC)[C@@H](NC(C)=O)c1ccccc1. The Hall–Kier alpha value is -2.41. The predicted molar refractivity (Wildman–Crippen MR) is 95.2 cm³/mol. The van der Waals surface area contributed by atoms with Gasteiger partial charge in [-0.05, 0) is 25.3 Å². The number of rotatable bonds is 11. The lowest BCUT2D eigenvalue weighted by atomic mass is 10.0. The first-order valence-corrected chi connectivity index (χ1v) is 8.66. The van der Waals surface area contributed by atoms with Crippen molar-refractivity contribution in [3.05, 3.63) is 35.9 Å². The van der Waals surface area contributed by atoms with E-state index in [-0.39, 0.29) is 12.3 Å². The quantitative estimate of drug-likeness (QED) is 0.477. The zero-order valence-corrected chi connectivity index (χ0v) is 15.5. The minimum Gasteiger partial charge on any atom is -0.466 e. The molecule has 1 aromatic rings. The van der Waals surface area contributed by atoms with Crippen LogP contribution in [0.25, 0.3) is 0 Å². The van der Waals surface area contributed by atoms with Crippen molar-refractivity contribution in [1.29, 1.82) is 0 Å². The summed E-state index contributed by atoms with van der Waals surface area (Å²) in [6.07, 6.45) is 0.204. The Morgan fingerprint density at radius 3 is 2.38 bits per heavy atom. The van der Waals surface area contributed by atoms with Crippen LogP contribution < -0.4 is 5.32 Å². The summed E-state index contributed by atoms with van der Waals surface area (Å²) in [4.78, 5) is 35.9. The number of methoxy groups -OCH3 is 1. The highest BCUT2D eigenvalue weighted by molar-refractivity contribution is 5.82. The fraction of sp³-hybridized carbons (Fsp3) is 0.526. The summed E-state index contributed by atoms with van der Waals surface area (Å²) in [5, 5.41) is 2.66. The molecule has 0 spiro atoms. The number of hydrogen-bond donors (Lipinski definition) is 1. The fourth-order valence-electron chi connectivity index (χ4n) is 2.40. The van der Waals surface area contributed by atoms with E-state index in [0.717, 1.165) is 6.42 Å². The standard InChI is InChI=1S/C19H27NO6/c1-4-25-13-9-8-12-16(22)26-18(19(23)24-3)17(20-14(2)21)15-10-6-5-7-11-15/h5-7,10-11,17-18H,4,8-9,12-13H2,1-3H3,(H,20,21)/t17-,18+/m0/s1. The molecule has 144 valence electrons. The second-order valence-corrected chi connectivity index (χ2v) is 5.68. The van der Waals surface area contributed by atoms with Gasteiger partial charge in [0.25, 0.3) is 0 Å². The van der Waals surface area contributed by atoms with E-state index in [1.807, 2.05) is 13.0 Å². The summed E-state index contributed by atoms with van der Waals surface area (Å²) >= 11 is 0. The van der Waals surface area contributed by atoms with Crippen LogP contribution >= 0.6 is 0 Å². The maximum Gasteiger partial charge on any atom is 0.349 e. The second kappa shape index (κ2) is 12.0. The molecule has 0 saturated heterocycles. The molecule has 2 atom stereocenters. The molecule has 0 aliphatic carbocycles. The van der Waals surface area contributed by atoms with Gasteiger partial charge in [-0.2, -0.15) is 0 Å². The lowest BCUT2D eigenvalue weighted by molar-refractivity contribution is -0.168. The van der Waals surface area contributed by atoms with Gasteiger partial charge in [0.15, 0.2) is 0 Å². The van der Waals surface area contributed by atoms with Gasteiger partial charge in [-0.15, -0.1) is 0 Å². The number of esters is 2. The summed E-state index contributed by atoms with van der Waals surface area (Å²) in [6, 6.07) is 8.01. The Bertz CT molecular complexity index is 575. The molecule has 1 aromatic carbocycles. The van der Waals surface area contributed by atoms with Crippen LogP contribution in [0.5, 0.6) is 0 Å². The molecule has 0 heterocycles. The molecule has 0 fully saturated rings. The van der Waals surface area contributed by atoms with Crippen LogP contribution in [0, 0.1) is 0 Å². The van der Waals surface area contributed by atoms with E-state index in [9.17, 15) is 14.4 Å². The highest BCUT2D eigenvalue weighted by Crippen LogP contribution is 2.21. The van der Waals surface area contributed by atoms with E-state index in [0.29, 0.717) is 25.2 Å². The lowest BCUT2D eigenvalue weighted by Crippen LogP contribution is -2.42. The number of ether oxygens (including phenoxy) is 3. The average Bonchev–Trinajstić information content (AvgIpc) is 2.64. The summed E-state index contributed by atoms with van der Waals surface area (Å²) in [5.74, 6) is -1.60. The van der Waals surface area contributed by atoms with Gasteiger partial charge in [0, 0.05) is 26.6 Å². The minimum atomic E-state index is -1.26. The number of carbonyl (C=O) groups excluding carboxylic acids is 3. The van der Waals surface area contributed by atoms with Crippen molar-refractivity contribution in [1.82, 2.24) is 5.32 Å². The number of carbonyl (C=O) groups is 3. The summed E-state index contributed by atoms with van der Waals surface area (Å²) < 4.78 is 15.3. The first-order chi connectivity index (χ1) is 12.5. The van der Waals surface area contributed by atoms with Crippen LogP contribution in [0.2, 0.25) is 0 Å². The van der Waals surface area contributed by atoms with Crippen molar-refractivity contribution in [3.8, 4) is 0 Å². The third-order valence-electron chi connectivity index (χ3n) is 3.64. The van der Waals surface area contributed by atoms with Crippen LogP contribution in [0.1, 0.15) is 44.7 Å². The largest absolute Gasteiger partial charge is 0.466 e. The molecule has 0 aliphatic heterocycles. The molecule has 1 N–H and O–H groups in total. The average molecular weight is 365 g/mol. The smallest absolute Gasteiger partial charge is 0.349 e. The van der Waals surface area contributed by atoms with E-state index in [4.69, 9.17) is 14.2 Å². The van der Waals surface area contributed by atoms with Gasteiger partial charge < -0.3 is 19.5 Å². The van der Waals surface area contributed by atoms with Crippen molar-refractivity contribution in [2.24, 2.45) is 0 Å². The highest BCUT2D eigenvalue weighted by atomic mass is 16.6. The third-order valence-corrected chi connectivity index (χ3v) is 3.64. The van der Waals surface area contributed by atoms with Crippen molar-refractivity contribution in [2.75, 3.05) is 20.3 Å². The number of hydrogen-bond acceptors (Lipinski definition) is 6. The molecule has 0 bridgehead atoms. The van der Waals surface area contributed by atoms with E-state index in [1.54, 1.807) is 24.3 Å². The topological polar surface area (TPSA) is 90.9 Å². The molecule has 7 nitrogen and oxygen atoms in total. The normalized spacial score (nSPS) is 12.7. The van der Waals surface area contributed by atoms with Crippen LogP contribution in [0.3, 0.4) is 0 Å². The first-order valence-electron chi connectivity index (χ1n) is 8.66. The molecule has 0 radical (unpaired) electrons. The van der Waals surface area contributed by atoms with Crippen molar-refractivity contribution in [2.45, 2.75) is 45.3 Å². The van der Waals surface area contributed by atoms with Gasteiger partial charge in [-0.1, -0.05) is 30.3 Å². The lowest BCUT2D eigenvalue weighted by Gasteiger charge is -2.26. The van der Waals surface area contributed by atoms with Crippen molar-refractivity contribution < 1.29 is 28.6 Å².